The summed E-state index contributed by atoms with van der Waals surface area (Å²) in [6.07, 6.45) is 1.68. The molecular weight excluding hydrogens is 292 g/mol. The van der Waals surface area contributed by atoms with Crippen LogP contribution in [0.25, 0.3) is 0 Å². The molecule has 0 amide bonds. The first-order valence-electron chi connectivity index (χ1n) is 5.01. The third-order valence-electron chi connectivity index (χ3n) is 2.54. The molecular formula is C11H11BrO3S. The second-order valence-electron chi connectivity index (χ2n) is 3.93. The Bertz CT molecular complexity index is 518. The maximum absolute atomic E-state index is 11.9. The fraction of sp³-hybridized carbons (Fsp3) is 0.364. The van der Waals surface area contributed by atoms with Crippen LogP contribution in [0.1, 0.15) is 12.8 Å². The molecule has 3 nitrogen and oxygen atoms in total. The van der Waals surface area contributed by atoms with Crippen LogP contribution in [0.4, 0.5) is 0 Å². The molecule has 1 saturated carbocycles. The highest BCUT2D eigenvalue weighted by atomic mass is 79.9. The predicted molar refractivity (Wildman–Crippen MR) is 63.9 cm³/mol. The van der Waals surface area contributed by atoms with Gasteiger partial charge in [-0.25, -0.2) is 8.42 Å². The molecule has 0 bridgehead atoms. The van der Waals surface area contributed by atoms with Gasteiger partial charge >= 0.3 is 0 Å². The van der Waals surface area contributed by atoms with Crippen molar-refractivity contribution in [3.8, 4) is 0 Å². The van der Waals surface area contributed by atoms with Gasteiger partial charge in [0.1, 0.15) is 5.75 Å². The monoisotopic (exact) mass is 302 g/mol. The molecule has 1 fully saturated rings. The number of rotatable bonds is 4. The first-order chi connectivity index (χ1) is 7.50. The largest absolute Gasteiger partial charge is 0.298 e. The highest BCUT2D eigenvalue weighted by molar-refractivity contribution is 9.10. The summed E-state index contributed by atoms with van der Waals surface area (Å²) in [5, 5.41) is 0. The number of sulfone groups is 1. The van der Waals surface area contributed by atoms with Gasteiger partial charge in [0.2, 0.25) is 0 Å². The Morgan fingerprint density at radius 2 is 1.94 bits per heavy atom. The van der Waals surface area contributed by atoms with Gasteiger partial charge in [-0.15, -0.1) is 0 Å². The molecule has 0 saturated heterocycles. The average molecular weight is 303 g/mol. The summed E-state index contributed by atoms with van der Waals surface area (Å²) < 4.78 is 24.4. The fourth-order valence-corrected chi connectivity index (χ4v) is 3.93. The third-order valence-corrected chi connectivity index (χ3v) is 5.18. The number of halogens is 1. The van der Waals surface area contributed by atoms with Crippen molar-refractivity contribution < 1.29 is 13.2 Å². The van der Waals surface area contributed by atoms with Gasteiger partial charge in [-0.2, -0.15) is 0 Å². The zero-order chi connectivity index (χ0) is 11.8. The summed E-state index contributed by atoms with van der Waals surface area (Å²) in [5.74, 6) is -0.548. The molecule has 1 aromatic carbocycles. The molecule has 2 rings (SSSR count). The molecule has 1 aliphatic rings. The first-order valence-corrected chi connectivity index (χ1v) is 7.45. The summed E-state index contributed by atoms with van der Waals surface area (Å²) in [6, 6.07) is 6.57. The van der Waals surface area contributed by atoms with Crippen molar-refractivity contribution >= 4 is 31.6 Å². The SMILES string of the molecule is O=C(CS(=O)(=O)c1ccccc1Br)C1CC1. The Balaban J connectivity index is 2.25. The minimum Gasteiger partial charge on any atom is -0.298 e. The average Bonchev–Trinajstić information content (AvgIpc) is 3.00. The number of hydrogen-bond acceptors (Lipinski definition) is 3. The molecule has 0 atom stereocenters. The van der Waals surface area contributed by atoms with Gasteiger partial charge in [0, 0.05) is 10.4 Å². The standard InChI is InChI=1S/C11H11BrO3S/c12-9-3-1-2-4-11(9)16(14,15)7-10(13)8-5-6-8/h1-4,8H,5-7H2. The van der Waals surface area contributed by atoms with E-state index in [2.05, 4.69) is 15.9 Å². The summed E-state index contributed by atoms with van der Waals surface area (Å²) in [5.41, 5.74) is 0. The van der Waals surface area contributed by atoms with Crippen molar-refractivity contribution in [2.75, 3.05) is 5.75 Å². The van der Waals surface area contributed by atoms with Crippen molar-refractivity contribution in [3.63, 3.8) is 0 Å². The maximum Gasteiger partial charge on any atom is 0.186 e. The van der Waals surface area contributed by atoms with Crippen molar-refractivity contribution in [2.45, 2.75) is 17.7 Å². The molecule has 0 spiro atoms. The van der Waals surface area contributed by atoms with Gasteiger partial charge in [0.25, 0.3) is 0 Å². The molecule has 0 aliphatic heterocycles. The van der Waals surface area contributed by atoms with E-state index < -0.39 is 9.84 Å². The number of carbonyl (C=O) groups is 1. The highest BCUT2D eigenvalue weighted by Gasteiger charge is 2.33. The van der Waals surface area contributed by atoms with Gasteiger partial charge < -0.3 is 0 Å². The molecule has 0 unspecified atom stereocenters. The Labute approximate surface area is 103 Å². The van der Waals surface area contributed by atoms with Gasteiger partial charge in [-0.1, -0.05) is 12.1 Å². The molecule has 1 aliphatic carbocycles. The molecule has 0 aromatic heterocycles. The summed E-state index contributed by atoms with van der Waals surface area (Å²) in [7, 11) is -3.49. The minimum atomic E-state index is -3.49. The number of ketones is 1. The van der Waals surface area contributed by atoms with E-state index in [4.69, 9.17) is 0 Å². The molecule has 5 heteroatoms. The van der Waals surface area contributed by atoms with Crippen LogP contribution in [-0.2, 0) is 14.6 Å². The van der Waals surface area contributed by atoms with E-state index in [9.17, 15) is 13.2 Å². The van der Waals surface area contributed by atoms with Crippen LogP contribution in [-0.4, -0.2) is 20.0 Å². The van der Waals surface area contributed by atoms with Gasteiger partial charge in [0.15, 0.2) is 15.6 Å². The van der Waals surface area contributed by atoms with Crippen molar-refractivity contribution in [1.82, 2.24) is 0 Å². The lowest BCUT2D eigenvalue weighted by Crippen LogP contribution is -2.17. The smallest absolute Gasteiger partial charge is 0.186 e. The second-order valence-corrected chi connectivity index (χ2v) is 6.74. The lowest BCUT2D eigenvalue weighted by molar-refractivity contribution is -0.117. The van der Waals surface area contributed by atoms with Crippen LogP contribution in [0.3, 0.4) is 0 Å². The number of carbonyl (C=O) groups excluding carboxylic acids is 1. The number of Topliss-reactive ketones (excluding diaryl/α,β-unsaturated/α-hetero) is 1. The van der Waals surface area contributed by atoms with Crippen LogP contribution in [0.2, 0.25) is 0 Å². The zero-order valence-electron chi connectivity index (χ0n) is 8.52. The van der Waals surface area contributed by atoms with Gasteiger partial charge in [0.05, 0.1) is 4.90 Å². The van der Waals surface area contributed by atoms with E-state index in [1.807, 2.05) is 0 Å². The Morgan fingerprint density at radius 1 is 1.31 bits per heavy atom. The quantitative estimate of drug-likeness (QED) is 0.857. The Kier molecular flexibility index (Phi) is 3.17. The Morgan fingerprint density at radius 3 is 2.50 bits per heavy atom. The van der Waals surface area contributed by atoms with E-state index >= 15 is 0 Å². The fourth-order valence-electron chi connectivity index (χ4n) is 1.49. The number of hydrogen-bond donors (Lipinski definition) is 0. The maximum atomic E-state index is 11.9. The topological polar surface area (TPSA) is 51.2 Å². The van der Waals surface area contributed by atoms with Crippen molar-refractivity contribution in [3.05, 3.63) is 28.7 Å². The molecule has 0 heterocycles. The lowest BCUT2D eigenvalue weighted by atomic mass is 10.3. The minimum absolute atomic E-state index is 0.0164. The first kappa shape index (κ1) is 11.8. The van der Waals surface area contributed by atoms with Crippen LogP contribution >= 0.6 is 15.9 Å². The van der Waals surface area contributed by atoms with E-state index in [0.29, 0.717) is 4.47 Å². The second kappa shape index (κ2) is 4.30. The normalized spacial score (nSPS) is 16.1. The lowest BCUT2D eigenvalue weighted by Gasteiger charge is -2.05. The van der Waals surface area contributed by atoms with Gasteiger partial charge in [-0.3, -0.25) is 4.79 Å². The third kappa shape index (κ3) is 2.52. The number of benzene rings is 1. The highest BCUT2D eigenvalue weighted by Crippen LogP contribution is 2.31. The summed E-state index contributed by atoms with van der Waals surface area (Å²) >= 11 is 3.18. The van der Waals surface area contributed by atoms with E-state index in [-0.39, 0.29) is 22.3 Å². The summed E-state index contributed by atoms with van der Waals surface area (Å²) in [4.78, 5) is 11.7. The molecule has 86 valence electrons. The Hall–Kier alpha value is -0.680. The van der Waals surface area contributed by atoms with Crippen LogP contribution in [0.5, 0.6) is 0 Å². The summed E-state index contributed by atoms with van der Waals surface area (Å²) in [6.45, 7) is 0. The zero-order valence-corrected chi connectivity index (χ0v) is 10.9. The molecule has 0 radical (unpaired) electrons. The van der Waals surface area contributed by atoms with Crippen LogP contribution in [0.15, 0.2) is 33.6 Å². The van der Waals surface area contributed by atoms with Gasteiger partial charge in [-0.05, 0) is 40.9 Å². The van der Waals surface area contributed by atoms with Crippen molar-refractivity contribution in [1.29, 1.82) is 0 Å². The van der Waals surface area contributed by atoms with Crippen LogP contribution in [0, 0.1) is 5.92 Å². The van der Waals surface area contributed by atoms with E-state index in [0.717, 1.165) is 12.8 Å². The van der Waals surface area contributed by atoms with Crippen LogP contribution < -0.4 is 0 Å². The predicted octanol–water partition coefficient (Wildman–Crippen LogP) is 2.20. The molecule has 1 aromatic rings. The van der Waals surface area contributed by atoms with E-state index in [1.54, 1.807) is 18.2 Å². The molecule has 16 heavy (non-hydrogen) atoms. The molecule has 0 N–H and O–H groups in total. The van der Waals surface area contributed by atoms with Crippen molar-refractivity contribution in [2.24, 2.45) is 5.92 Å². The van der Waals surface area contributed by atoms with E-state index in [1.165, 1.54) is 6.07 Å².